The Hall–Kier alpha value is -2.03. The van der Waals surface area contributed by atoms with Crippen molar-refractivity contribution >= 4 is 11.3 Å². The van der Waals surface area contributed by atoms with E-state index < -0.39 is 0 Å². The smallest absolute Gasteiger partial charge is 0.0970 e. The minimum absolute atomic E-state index is 0.161. The van der Waals surface area contributed by atoms with Crippen LogP contribution < -0.4 is 5.32 Å². The van der Waals surface area contributed by atoms with Crippen LogP contribution in [0.1, 0.15) is 22.3 Å². The molecule has 30 heavy (non-hydrogen) atoms. The van der Waals surface area contributed by atoms with Gasteiger partial charge in [0.05, 0.1) is 18.0 Å². The molecular weight excluding hydrogens is 394 g/mol. The van der Waals surface area contributed by atoms with Gasteiger partial charge in [0.25, 0.3) is 0 Å². The summed E-state index contributed by atoms with van der Waals surface area (Å²) < 4.78 is 0. The minimum Gasteiger partial charge on any atom is -0.395 e. The molecule has 1 fully saturated rings. The van der Waals surface area contributed by atoms with Gasteiger partial charge < -0.3 is 15.3 Å². The van der Waals surface area contributed by atoms with Crippen molar-refractivity contribution in [2.75, 3.05) is 46.4 Å². The van der Waals surface area contributed by atoms with Crippen molar-refractivity contribution in [3.05, 3.63) is 51.2 Å². The standard InChI is InChI=1S/C23H29N5OS/c1-27-4-6-28(7-5-27)14-16-10-18(13-24-3-8-29)19-12-21-22(17-2-9-30-15-17)25-26-23(21)20(19)11-16/h2,9-11,15,24,29H,3-8,12-14H2,1H3,(H,25,26). The van der Waals surface area contributed by atoms with Gasteiger partial charge in [-0.2, -0.15) is 16.4 Å². The Morgan fingerprint density at radius 3 is 2.83 bits per heavy atom. The summed E-state index contributed by atoms with van der Waals surface area (Å²) in [5, 5.41) is 24.8. The van der Waals surface area contributed by atoms with E-state index in [4.69, 9.17) is 0 Å². The zero-order valence-electron chi connectivity index (χ0n) is 17.4. The molecule has 0 bridgehead atoms. The molecule has 1 aliphatic carbocycles. The molecule has 0 unspecified atom stereocenters. The normalized spacial score (nSPS) is 16.7. The summed E-state index contributed by atoms with van der Waals surface area (Å²) in [6.07, 6.45) is 0.914. The van der Waals surface area contributed by atoms with Gasteiger partial charge >= 0.3 is 0 Å². The molecule has 3 aromatic rings. The maximum Gasteiger partial charge on any atom is 0.0970 e. The monoisotopic (exact) mass is 423 g/mol. The molecule has 1 saturated heterocycles. The zero-order valence-corrected chi connectivity index (χ0v) is 18.3. The van der Waals surface area contributed by atoms with E-state index in [1.807, 2.05) is 0 Å². The number of likely N-dealkylation sites (N-methyl/N-ethyl adjacent to an activating group) is 1. The summed E-state index contributed by atoms with van der Waals surface area (Å²) in [7, 11) is 2.20. The second kappa shape index (κ2) is 8.61. The molecule has 3 N–H and O–H groups in total. The zero-order chi connectivity index (χ0) is 20.5. The number of H-pyrrole nitrogens is 1. The first-order valence-corrected chi connectivity index (χ1v) is 11.6. The highest BCUT2D eigenvalue weighted by Gasteiger charge is 2.28. The third-order valence-electron chi connectivity index (χ3n) is 6.29. The molecule has 0 amide bonds. The summed E-state index contributed by atoms with van der Waals surface area (Å²) >= 11 is 1.71. The summed E-state index contributed by atoms with van der Waals surface area (Å²) in [5.41, 5.74) is 10.2. The van der Waals surface area contributed by atoms with E-state index in [0.717, 1.165) is 51.4 Å². The van der Waals surface area contributed by atoms with Gasteiger partial charge in [-0.25, -0.2) is 0 Å². The van der Waals surface area contributed by atoms with Crippen molar-refractivity contribution in [3.8, 4) is 22.5 Å². The number of aliphatic hydroxyl groups excluding tert-OH is 1. The van der Waals surface area contributed by atoms with Crippen LogP contribution in [0.4, 0.5) is 0 Å². The molecule has 0 radical (unpaired) electrons. The Balaban J connectivity index is 1.47. The molecule has 0 spiro atoms. The van der Waals surface area contributed by atoms with Gasteiger partial charge in [-0.1, -0.05) is 6.07 Å². The van der Waals surface area contributed by atoms with Crippen LogP contribution in [0, 0.1) is 0 Å². The average molecular weight is 424 g/mol. The lowest BCUT2D eigenvalue weighted by atomic mass is 9.98. The maximum absolute atomic E-state index is 9.20. The molecule has 3 heterocycles. The van der Waals surface area contributed by atoms with Crippen molar-refractivity contribution in [1.29, 1.82) is 0 Å². The summed E-state index contributed by atoms with van der Waals surface area (Å²) in [6, 6.07) is 6.88. The first-order valence-electron chi connectivity index (χ1n) is 10.7. The van der Waals surface area contributed by atoms with E-state index in [1.165, 1.54) is 39.1 Å². The van der Waals surface area contributed by atoms with Crippen LogP contribution >= 0.6 is 11.3 Å². The second-order valence-electron chi connectivity index (χ2n) is 8.38. The number of benzene rings is 1. The van der Waals surface area contributed by atoms with E-state index in [-0.39, 0.29) is 6.61 Å². The Morgan fingerprint density at radius 2 is 2.07 bits per heavy atom. The largest absolute Gasteiger partial charge is 0.395 e. The van der Waals surface area contributed by atoms with E-state index in [0.29, 0.717) is 6.54 Å². The highest BCUT2D eigenvalue weighted by Crippen LogP contribution is 2.42. The quantitative estimate of drug-likeness (QED) is 0.399. The predicted octanol–water partition coefficient (Wildman–Crippen LogP) is 2.54. The van der Waals surface area contributed by atoms with Gasteiger partial charge in [0, 0.05) is 74.3 Å². The molecule has 7 heteroatoms. The molecule has 6 nitrogen and oxygen atoms in total. The van der Waals surface area contributed by atoms with Gasteiger partial charge in [0.2, 0.25) is 0 Å². The molecule has 2 aromatic heterocycles. The van der Waals surface area contributed by atoms with Gasteiger partial charge in [-0.15, -0.1) is 0 Å². The Labute approximate surface area is 181 Å². The molecular formula is C23H29N5OS. The number of nitrogens with zero attached hydrogens (tertiary/aromatic N) is 3. The topological polar surface area (TPSA) is 67.4 Å². The van der Waals surface area contributed by atoms with E-state index in [9.17, 15) is 5.11 Å². The average Bonchev–Trinajstić information content (AvgIpc) is 3.47. The number of piperazine rings is 1. The number of hydrogen-bond acceptors (Lipinski definition) is 6. The van der Waals surface area contributed by atoms with Crippen molar-refractivity contribution in [2.45, 2.75) is 19.5 Å². The number of fused-ring (bicyclic) bond motifs is 3. The molecule has 0 atom stereocenters. The molecule has 158 valence electrons. The van der Waals surface area contributed by atoms with Crippen LogP contribution in [0.25, 0.3) is 22.5 Å². The van der Waals surface area contributed by atoms with Crippen LogP contribution in [-0.4, -0.2) is 71.5 Å². The minimum atomic E-state index is 0.161. The summed E-state index contributed by atoms with van der Waals surface area (Å²) in [5.74, 6) is 0. The van der Waals surface area contributed by atoms with Crippen molar-refractivity contribution in [1.82, 2.24) is 25.3 Å². The SMILES string of the molecule is CN1CCN(Cc2cc(CNCCO)c3c(c2)-c2[nH]nc(-c4ccsc4)c2C3)CC1. The second-order valence-corrected chi connectivity index (χ2v) is 9.16. The van der Waals surface area contributed by atoms with E-state index in [2.05, 4.69) is 61.3 Å². The molecule has 2 aliphatic rings. The molecule has 1 aromatic carbocycles. The number of nitrogens with one attached hydrogen (secondary N) is 2. The highest BCUT2D eigenvalue weighted by molar-refractivity contribution is 7.08. The van der Waals surface area contributed by atoms with Gasteiger partial charge in [0.1, 0.15) is 0 Å². The van der Waals surface area contributed by atoms with Crippen LogP contribution in [0.15, 0.2) is 29.0 Å². The Morgan fingerprint density at radius 1 is 1.20 bits per heavy atom. The number of aliphatic hydroxyl groups is 1. The van der Waals surface area contributed by atoms with Gasteiger partial charge in [-0.3, -0.25) is 10.00 Å². The Bertz CT molecular complexity index is 1010. The predicted molar refractivity (Wildman–Crippen MR) is 122 cm³/mol. The lowest BCUT2D eigenvalue weighted by Gasteiger charge is -2.32. The van der Waals surface area contributed by atoms with Crippen molar-refractivity contribution in [3.63, 3.8) is 0 Å². The Kier molecular flexibility index (Phi) is 5.71. The van der Waals surface area contributed by atoms with Gasteiger partial charge in [0.15, 0.2) is 0 Å². The fraction of sp³-hybridized carbons (Fsp3) is 0.435. The lowest BCUT2D eigenvalue weighted by molar-refractivity contribution is 0.148. The van der Waals surface area contributed by atoms with Crippen LogP contribution in [-0.2, 0) is 19.5 Å². The van der Waals surface area contributed by atoms with Crippen molar-refractivity contribution < 1.29 is 5.11 Å². The fourth-order valence-electron chi connectivity index (χ4n) is 4.62. The van der Waals surface area contributed by atoms with Crippen LogP contribution in [0.5, 0.6) is 0 Å². The number of aromatic amines is 1. The van der Waals surface area contributed by atoms with Crippen LogP contribution in [0.3, 0.4) is 0 Å². The number of rotatable bonds is 7. The number of aromatic nitrogens is 2. The first-order chi connectivity index (χ1) is 14.7. The highest BCUT2D eigenvalue weighted by atomic mass is 32.1. The van der Waals surface area contributed by atoms with E-state index >= 15 is 0 Å². The van der Waals surface area contributed by atoms with E-state index in [1.54, 1.807) is 11.3 Å². The summed E-state index contributed by atoms with van der Waals surface area (Å²) in [6.45, 7) is 7.03. The summed E-state index contributed by atoms with van der Waals surface area (Å²) in [4.78, 5) is 4.94. The molecule has 5 rings (SSSR count). The van der Waals surface area contributed by atoms with Crippen molar-refractivity contribution in [2.24, 2.45) is 0 Å². The third kappa shape index (κ3) is 3.84. The van der Waals surface area contributed by atoms with Gasteiger partial charge in [-0.05, 0) is 41.3 Å². The number of thiophene rings is 1. The number of hydrogen-bond donors (Lipinski definition) is 3. The third-order valence-corrected chi connectivity index (χ3v) is 6.98. The first kappa shape index (κ1) is 19.9. The van der Waals surface area contributed by atoms with Crippen LogP contribution in [0.2, 0.25) is 0 Å². The maximum atomic E-state index is 9.20. The fourth-order valence-corrected chi connectivity index (χ4v) is 5.26. The molecule has 0 saturated carbocycles. The molecule has 1 aliphatic heterocycles. The lowest BCUT2D eigenvalue weighted by Crippen LogP contribution is -2.43.